The number of ether oxygens (including phenoxy) is 1. The zero-order valence-corrected chi connectivity index (χ0v) is 13.0. The predicted molar refractivity (Wildman–Crippen MR) is 79.0 cm³/mol. The number of fused-ring (bicyclic) bond motifs is 1. The van der Waals surface area contributed by atoms with Crippen molar-refractivity contribution in [3.8, 4) is 0 Å². The van der Waals surface area contributed by atoms with E-state index in [0.717, 1.165) is 48.8 Å². The normalized spacial score (nSPS) is 23.0. The average molecular weight is 297 g/mol. The maximum Gasteiger partial charge on any atom is 0.158 e. The Bertz CT molecular complexity index is 618. The number of nitrogens with zero attached hydrogens (tertiary/aromatic N) is 4. The predicted octanol–water partition coefficient (Wildman–Crippen LogP) is 2.72. The number of hydrogen-bond acceptors (Lipinski definition) is 3. The summed E-state index contributed by atoms with van der Waals surface area (Å²) < 4.78 is 9.93. The van der Waals surface area contributed by atoms with Gasteiger partial charge in [0.25, 0.3) is 0 Å². The van der Waals surface area contributed by atoms with Crippen LogP contribution < -0.4 is 0 Å². The molecule has 0 aromatic carbocycles. The minimum Gasteiger partial charge on any atom is -0.378 e. The van der Waals surface area contributed by atoms with Gasteiger partial charge in [-0.05, 0) is 27.2 Å². The Kier molecular flexibility index (Phi) is 3.73. The van der Waals surface area contributed by atoms with E-state index in [1.54, 1.807) is 0 Å². The molecule has 0 radical (unpaired) electrons. The van der Waals surface area contributed by atoms with Gasteiger partial charge in [-0.2, -0.15) is 5.10 Å². The summed E-state index contributed by atoms with van der Waals surface area (Å²) in [5.41, 5.74) is 3.05. The minimum absolute atomic E-state index is 0.301. The van der Waals surface area contributed by atoms with Crippen LogP contribution in [-0.2, 0) is 23.7 Å². The first-order valence-corrected chi connectivity index (χ1v) is 7.79. The number of aromatic nitrogens is 4. The van der Waals surface area contributed by atoms with E-state index in [-0.39, 0.29) is 0 Å². The van der Waals surface area contributed by atoms with Gasteiger partial charge in [0.2, 0.25) is 0 Å². The molecule has 3 heterocycles. The van der Waals surface area contributed by atoms with Gasteiger partial charge in [-0.3, -0.25) is 0 Å². The topological polar surface area (TPSA) is 44.9 Å². The van der Waals surface area contributed by atoms with Gasteiger partial charge in [0.1, 0.15) is 11.3 Å². The first-order valence-electron chi connectivity index (χ1n) is 7.25. The minimum atomic E-state index is 0.301. The van der Waals surface area contributed by atoms with Crippen molar-refractivity contribution in [1.29, 1.82) is 0 Å². The highest BCUT2D eigenvalue weighted by atomic mass is 35.5. The van der Waals surface area contributed by atoms with E-state index in [1.165, 1.54) is 0 Å². The van der Waals surface area contributed by atoms with Crippen LogP contribution in [0.2, 0.25) is 0 Å². The second-order valence-corrected chi connectivity index (χ2v) is 5.74. The van der Waals surface area contributed by atoms with Gasteiger partial charge in [-0.15, -0.1) is 11.6 Å². The van der Waals surface area contributed by atoms with Gasteiger partial charge in [-0.1, -0.05) is 0 Å². The molecule has 0 bridgehead atoms. The van der Waals surface area contributed by atoms with Crippen LogP contribution in [-0.4, -0.2) is 32.0 Å². The Morgan fingerprint density at radius 1 is 1.45 bits per heavy atom. The van der Waals surface area contributed by atoms with Crippen molar-refractivity contribution in [2.24, 2.45) is 5.92 Å². The second kappa shape index (κ2) is 5.37. The van der Waals surface area contributed by atoms with Crippen LogP contribution in [0.1, 0.15) is 31.8 Å². The molecule has 6 heteroatoms. The van der Waals surface area contributed by atoms with Crippen molar-refractivity contribution in [2.45, 2.75) is 52.3 Å². The van der Waals surface area contributed by atoms with E-state index in [9.17, 15) is 0 Å². The Morgan fingerprint density at radius 3 is 2.85 bits per heavy atom. The van der Waals surface area contributed by atoms with Crippen LogP contribution in [0.25, 0.3) is 11.2 Å². The molecule has 1 fully saturated rings. The molecule has 1 saturated heterocycles. The lowest BCUT2D eigenvalue weighted by Crippen LogP contribution is -2.20. The lowest BCUT2D eigenvalue weighted by atomic mass is 10.0. The van der Waals surface area contributed by atoms with Gasteiger partial charge in [0, 0.05) is 25.6 Å². The third kappa shape index (κ3) is 2.13. The number of imidazole rings is 1. The van der Waals surface area contributed by atoms with Crippen molar-refractivity contribution < 1.29 is 4.74 Å². The number of rotatable bonds is 4. The molecular formula is C14H21ClN4O. The second-order valence-electron chi connectivity index (χ2n) is 5.47. The van der Waals surface area contributed by atoms with E-state index >= 15 is 0 Å². The maximum absolute atomic E-state index is 6.09. The van der Waals surface area contributed by atoms with Gasteiger partial charge in [-0.25, -0.2) is 9.67 Å². The van der Waals surface area contributed by atoms with Crippen LogP contribution in [0.4, 0.5) is 0 Å². The molecule has 5 nitrogen and oxygen atoms in total. The average Bonchev–Trinajstić information content (AvgIpc) is 3.08. The first kappa shape index (κ1) is 13.9. The Balaban J connectivity index is 2.06. The summed E-state index contributed by atoms with van der Waals surface area (Å²) in [5, 5.41) is 4.56. The van der Waals surface area contributed by atoms with Crippen LogP contribution in [0.5, 0.6) is 0 Å². The highest BCUT2D eigenvalue weighted by Crippen LogP contribution is 2.27. The van der Waals surface area contributed by atoms with Crippen molar-refractivity contribution in [3.05, 3.63) is 11.5 Å². The van der Waals surface area contributed by atoms with E-state index in [0.29, 0.717) is 17.9 Å². The summed E-state index contributed by atoms with van der Waals surface area (Å²) >= 11 is 6.09. The highest BCUT2D eigenvalue weighted by molar-refractivity contribution is 6.16. The molecule has 0 amide bonds. The summed E-state index contributed by atoms with van der Waals surface area (Å²) in [6.45, 7) is 8.86. The number of hydrogen-bond donors (Lipinski definition) is 0. The number of aryl methyl sites for hydroxylation is 2. The molecule has 3 rings (SSSR count). The zero-order chi connectivity index (χ0) is 14.3. The Morgan fingerprint density at radius 2 is 2.25 bits per heavy atom. The summed E-state index contributed by atoms with van der Waals surface area (Å²) in [5.74, 6) is 1.89. The standard InChI is InChI=1S/C14H21ClN4O/c1-4-19-14-13(9(2)17-19)16-12(7-15)18(14)8-11-5-6-20-10(11)3/h10-11H,4-8H2,1-3H3. The largest absolute Gasteiger partial charge is 0.378 e. The fourth-order valence-electron chi connectivity index (χ4n) is 3.03. The molecule has 2 unspecified atom stereocenters. The monoisotopic (exact) mass is 296 g/mol. The maximum atomic E-state index is 6.09. The molecule has 2 aromatic rings. The van der Waals surface area contributed by atoms with Crippen LogP contribution in [0, 0.1) is 12.8 Å². The molecule has 0 saturated carbocycles. The fourth-order valence-corrected chi connectivity index (χ4v) is 3.24. The van der Waals surface area contributed by atoms with E-state index < -0.39 is 0 Å². The third-order valence-electron chi connectivity index (χ3n) is 4.25. The van der Waals surface area contributed by atoms with Crippen LogP contribution in [0.15, 0.2) is 0 Å². The summed E-state index contributed by atoms with van der Waals surface area (Å²) in [4.78, 5) is 4.67. The molecule has 2 atom stereocenters. The van der Waals surface area contributed by atoms with E-state index in [4.69, 9.17) is 16.3 Å². The Hall–Kier alpha value is -1.07. The van der Waals surface area contributed by atoms with Crippen molar-refractivity contribution >= 4 is 22.8 Å². The first-order chi connectivity index (χ1) is 9.65. The molecule has 1 aliphatic heterocycles. The molecule has 0 aliphatic carbocycles. The van der Waals surface area contributed by atoms with Crippen LogP contribution >= 0.6 is 11.6 Å². The lowest BCUT2D eigenvalue weighted by Gasteiger charge is -2.17. The number of alkyl halides is 1. The summed E-state index contributed by atoms with van der Waals surface area (Å²) in [6, 6.07) is 0. The van der Waals surface area contributed by atoms with Gasteiger partial charge in [0.15, 0.2) is 5.65 Å². The molecular weight excluding hydrogens is 276 g/mol. The Labute approximate surface area is 123 Å². The molecule has 0 N–H and O–H groups in total. The molecule has 2 aromatic heterocycles. The number of halogens is 1. The molecule has 0 spiro atoms. The van der Waals surface area contributed by atoms with Crippen molar-refractivity contribution in [2.75, 3.05) is 6.61 Å². The molecule has 110 valence electrons. The van der Waals surface area contributed by atoms with Crippen molar-refractivity contribution in [1.82, 2.24) is 19.3 Å². The van der Waals surface area contributed by atoms with Gasteiger partial charge >= 0.3 is 0 Å². The summed E-state index contributed by atoms with van der Waals surface area (Å²) in [6.07, 6.45) is 1.40. The molecule has 1 aliphatic rings. The van der Waals surface area contributed by atoms with E-state index in [2.05, 4.69) is 28.5 Å². The third-order valence-corrected chi connectivity index (χ3v) is 4.49. The summed E-state index contributed by atoms with van der Waals surface area (Å²) in [7, 11) is 0. The van der Waals surface area contributed by atoms with E-state index in [1.807, 2.05) is 11.6 Å². The highest BCUT2D eigenvalue weighted by Gasteiger charge is 2.27. The van der Waals surface area contributed by atoms with Gasteiger partial charge in [0.05, 0.1) is 17.7 Å². The lowest BCUT2D eigenvalue weighted by molar-refractivity contribution is 0.102. The fraction of sp³-hybridized carbons (Fsp3) is 0.714. The molecule has 20 heavy (non-hydrogen) atoms. The SMILES string of the molecule is CCn1nc(C)c2nc(CCl)n(CC3CCOC3C)c21. The zero-order valence-electron chi connectivity index (χ0n) is 12.3. The van der Waals surface area contributed by atoms with Crippen LogP contribution in [0.3, 0.4) is 0 Å². The van der Waals surface area contributed by atoms with Gasteiger partial charge < -0.3 is 9.30 Å². The smallest absolute Gasteiger partial charge is 0.158 e. The van der Waals surface area contributed by atoms with Crippen molar-refractivity contribution in [3.63, 3.8) is 0 Å². The quantitative estimate of drug-likeness (QED) is 0.815.